The third kappa shape index (κ3) is 6.71. The summed E-state index contributed by atoms with van der Waals surface area (Å²) in [5.74, 6) is 1.93. The Hall–Kier alpha value is -0.530. The molecule has 2 heteroatoms. The van der Waals surface area contributed by atoms with Gasteiger partial charge in [-0.05, 0) is 50.4 Å². The minimum absolute atomic E-state index is 0.0588. The Morgan fingerprint density at radius 2 is 1.45 bits per heavy atom. The number of hydrogen-bond donors (Lipinski definition) is 0. The normalized spacial score (nSPS) is 26.8. The van der Waals surface area contributed by atoms with E-state index < -0.39 is 0 Å². The highest BCUT2D eigenvalue weighted by molar-refractivity contribution is 5.69. The van der Waals surface area contributed by atoms with Crippen molar-refractivity contribution >= 4 is 5.97 Å². The molecule has 0 heterocycles. The molecule has 0 aliphatic heterocycles. The van der Waals surface area contributed by atoms with Gasteiger partial charge >= 0.3 is 5.97 Å². The lowest BCUT2D eigenvalue weighted by Gasteiger charge is -2.28. The fourth-order valence-corrected chi connectivity index (χ4v) is 4.26. The monoisotopic (exact) mass is 308 g/mol. The first-order valence-corrected chi connectivity index (χ1v) is 9.97. The van der Waals surface area contributed by atoms with E-state index in [1.165, 1.54) is 70.6 Å². The highest BCUT2D eigenvalue weighted by atomic mass is 16.5. The first-order chi connectivity index (χ1) is 10.8. The maximum absolute atomic E-state index is 11.9. The molecule has 2 nitrogen and oxygen atoms in total. The molecular weight excluding hydrogens is 272 g/mol. The molecular formula is C20H36O2. The van der Waals surface area contributed by atoms with Gasteiger partial charge in [0.1, 0.15) is 6.10 Å². The molecule has 2 rings (SSSR count). The predicted molar refractivity (Wildman–Crippen MR) is 91.8 cm³/mol. The first-order valence-electron chi connectivity index (χ1n) is 9.97. The second kappa shape index (κ2) is 10.3. The van der Waals surface area contributed by atoms with Gasteiger partial charge in [0.05, 0.1) is 0 Å². The number of carbonyl (C=O) groups excluding carboxylic acids is 1. The SMILES string of the molecule is CCCC[C@H]1CC[C@H](CCCC(=O)OC2CCCCC2)CC1. The van der Waals surface area contributed by atoms with Gasteiger partial charge in [0.15, 0.2) is 0 Å². The summed E-state index contributed by atoms with van der Waals surface area (Å²) >= 11 is 0. The third-order valence-corrected chi connectivity index (χ3v) is 5.78. The van der Waals surface area contributed by atoms with Crippen LogP contribution in [0, 0.1) is 11.8 Å². The van der Waals surface area contributed by atoms with Crippen molar-refractivity contribution in [1.29, 1.82) is 0 Å². The molecule has 0 radical (unpaired) electrons. The zero-order valence-corrected chi connectivity index (χ0v) is 14.7. The van der Waals surface area contributed by atoms with Gasteiger partial charge in [-0.1, -0.05) is 58.3 Å². The number of unbranched alkanes of at least 4 members (excludes halogenated alkanes) is 1. The highest BCUT2D eigenvalue weighted by Gasteiger charge is 2.21. The number of hydrogen-bond acceptors (Lipinski definition) is 2. The molecule has 2 aliphatic rings. The molecule has 0 saturated heterocycles. The summed E-state index contributed by atoms with van der Waals surface area (Å²) in [5, 5.41) is 0. The van der Waals surface area contributed by atoms with Crippen LogP contribution >= 0.6 is 0 Å². The summed E-state index contributed by atoms with van der Waals surface area (Å²) in [7, 11) is 0. The van der Waals surface area contributed by atoms with Crippen molar-refractivity contribution in [2.24, 2.45) is 11.8 Å². The Morgan fingerprint density at radius 1 is 0.864 bits per heavy atom. The lowest BCUT2D eigenvalue weighted by atomic mass is 9.78. The first kappa shape index (κ1) is 17.8. The zero-order chi connectivity index (χ0) is 15.6. The van der Waals surface area contributed by atoms with Crippen LogP contribution in [-0.2, 0) is 9.53 Å². The lowest BCUT2D eigenvalue weighted by Crippen LogP contribution is -2.21. The largest absolute Gasteiger partial charge is 0.462 e. The van der Waals surface area contributed by atoms with Gasteiger partial charge in [-0.25, -0.2) is 0 Å². The second-order valence-electron chi connectivity index (χ2n) is 7.67. The molecule has 128 valence electrons. The van der Waals surface area contributed by atoms with Gasteiger partial charge in [-0.15, -0.1) is 0 Å². The number of esters is 1. The van der Waals surface area contributed by atoms with Crippen LogP contribution in [0.2, 0.25) is 0 Å². The van der Waals surface area contributed by atoms with Crippen molar-refractivity contribution in [1.82, 2.24) is 0 Å². The molecule has 0 unspecified atom stereocenters. The van der Waals surface area contributed by atoms with E-state index in [0.29, 0.717) is 6.42 Å². The average molecular weight is 309 g/mol. The summed E-state index contributed by atoms with van der Waals surface area (Å²) in [4.78, 5) is 11.9. The fourth-order valence-electron chi connectivity index (χ4n) is 4.26. The minimum Gasteiger partial charge on any atom is -0.462 e. The van der Waals surface area contributed by atoms with Gasteiger partial charge in [-0.3, -0.25) is 4.79 Å². The Bertz CT molecular complexity index is 299. The van der Waals surface area contributed by atoms with Gasteiger partial charge in [-0.2, -0.15) is 0 Å². The Balaban J connectivity index is 1.50. The van der Waals surface area contributed by atoms with Crippen LogP contribution in [0.25, 0.3) is 0 Å². The molecule has 0 aromatic heterocycles. The van der Waals surface area contributed by atoms with E-state index in [4.69, 9.17) is 4.74 Å². The van der Waals surface area contributed by atoms with Crippen LogP contribution < -0.4 is 0 Å². The van der Waals surface area contributed by atoms with Crippen molar-refractivity contribution in [3.63, 3.8) is 0 Å². The summed E-state index contributed by atoms with van der Waals surface area (Å²) in [6, 6.07) is 0. The third-order valence-electron chi connectivity index (χ3n) is 5.78. The van der Waals surface area contributed by atoms with Gasteiger partial charge in [0.25, 0.3) is 0 Å². The smallest absolute Gasteiger partial charge is 0.306 e. The fraction of sp³-hybridized carbons (Fsp3) is 0.950. The Kier molecular flexibility index (Phi) is 8.33. The van der Waals surface area contributed by atoms with E-state index in [0.717, 1.165) is 31.1 Å². The van der Waals surface area contributed by atoms with E-state index in [2.05, 4.69) is 6.92 Å². The maximum Gasteiger partial charge on any atom is 0.306 e. The van der Waals surface area contributed by atoms with Gasteiger partial charge in [0.2, 0.25) is 0 Å². The van der Waals surface area contributed by atoms with E-state index in [9.17, 15) is 4.79 Å². The Morgan fingerprint density at radius 3 is 2.05 bits per heavy atom. The number of carbonyl (C=O) groups is 1. The standard InChI is InChI=1S/C20H36O2/c1-2-3-8-17-13-15-18(16-14-17)9-7-12-20(21)22-19-10-5-4-6-11-19/h17-19H,2-16H2,1H3/t17-,18-. The summed E-state index contributed by atoms with van der Waals surface area (Å²) in [6.45, 7) is 2.29. The van der Waals surface area contributed by atoms with Crippen molar-refractivity contribution in [2.75, 3.05) is 0 Å². The minimum atomic E-state index is 0.0588. The molecule has 0 N–H and O–H groups in total. The van der Waals surface area contributed by atoms with Crippen LogP contribution in [0.1, 0.15) is 103 Å². The number of ether oxygens (including phenoxy) is 1. The van der Waals surface area contributed by atoms with E-state index in [1.54, 1.807) is 0 Å². The average Bonchev–Trinajstić information content (AvgIpc) is 2.55. The molecule has 2 aliphatic carbocycles. The van der Waals surface area contributed by atoms with Gasteiger partial charge in [0, 0.05) is 6.42 Å². The van der Waals surface area contributed by atoms with Crippen LogP contribution in [0.15, 0.2) is 0 Å². The molecule has 2 saturated carbocycles. The lowest BCUT2D eigenvalue weighted by molar-refractivity contribution is -0.150. The van der Waals surface area contributed by atoms with E-state index in [1.807, 2.05) is 0 Å². The Labute approximate surface area is 137 Å². The van der Waals surface area contributed by atoms with Crippen LogP contribution in [0.3, 0.4) is 0 Å². The van der Waals surface area contributed by atoms with E-state index in [-0.39, 0.29) is 12.1 Å². The maximum atomic E-state index is 11.9. The summed E-state index contributed by atoms with van der Waals surface area (Å²) in [6.07, 6.45) is 18.9. The van der Waals surface area contributed by atoms with E-state index >= 15 is 0 Å². The predicted octanol–water partition coefficient (Wildman–Crippen LogP) is 6.03. The zero-order valence-electron chi connectivity index (χ0n) is 14.7. The molecule has 22 heavy (non-hydrogen) atoms. The van der Waals surface area contributed by atoms with Crippen molar-refractivity contribution in [2.45, 2.75) is 109 Å². The molecule has 0 aromatic carbocycles. The summed E-state index contributed by atoms with van der Waals surface area (Å²) in [5.41, 5.74) is 0. The highest BCUT2D eigenvalue weighted by Crippen LogP contribution is 2.34. The summed E-state index contributed by atoms with van der Waals surface area (Å²) < 4.78 is 5.60. The van der Waals surface area contributed by atoms with Crippen molar-refractivity contribution in [3.05, 3.63) is 0 Å². The molecule has 0 aromatic rings. The van der Waals surface area contributed by atoms with Gasteiger partial charge < -0.3 is 4.74 Å². The van der Waals surface area contributed by atoms with Crippen molar-refractivity contribution in [3.8, 4) is 0 Å². The quantitative estimate of drug-likeness (QED) is 0.512. The molecule has 0 spiro atoms. The number of rotatable bonds is 8. The molecule has 0 amide bonds. The van der Waals surface area contributed by atoms with Crippen molar-refractivity contribution < 1.29 is 9.53 Å². The molecule has 2 fully saturated rings. The molecule has 0 bridgehead atoms. The van der Waals surface area contributed by atoms with Crippen LogP contribution in [-0.4, -0.2) is 12.1 Å². The van der Waals surface area contributed by atoms with Crippen LogP contribution in [0.4, 0.5) is 0 Å². The topological polar surface area (TPSA) is 26.3 Å². The second-order valence-corrected chi connectivity index (χ2v) is 7.67. The molecule has 0 atom stereocenters. The van der Waals surface area contributed by atoms with Crippen LogP contribution in [0.5, 0.6) is 0 Å².